The van der Waals surface area contributed by atoms with Gasteiger partial charge in [0.1, 0.15) is 22.8 Å². The van der Waals surface area contributed by atoms with Crippen LogP contribution in [0.3, 0.4) is 0 Å². The summed E-state index contributed by atoms with van der Waals surface area (Å²) in [4.78, 5) is 24.9. The van der Waals surface area contributed by atoms with Gasteiger partial charge in [0, 0.05) is 23.9 Å². The third-order valence-corrected chi connectivity index (χ3v) is 5.07. The molecule has 4 aromatic rings. The molecule has 0 aliphatic rings. The molecule has 8 nitrogen and oxygen atoms in total. The largest absolute Gasteiger partial charge is 0.497 e. The van der Waals surface area contributed by atoms with Gasteiger partial charge in [0.2, 0.25) is 0 Å². The number of methoxy groups -OCH3 is 2. The van der Waals surface area contributed by atoms with Crippen molar-refractivity contribution in [3.05, 3.63) is 70.3 Å². The van der Waals surface area contributed by atoms with E-state index < -0.39 is 11.6 Å². The van der Waals surface area contributed by atoms with E-state index in [9.17, 15) is 9.59 Å². The molecule has 164 valence electrons. The number of rotatable bonds is 7. The van der Waals surface area contributed by atoms with E-state index in [1.165, 1.54) is 13.2 Å². The topological polar surface area (TPSA) is 101 Å². The van der Waals surface area contributed by atoms with Gasteiger partial charge in [-0.2, -0.15) is 0 Å². The van der Waals surface area contributed by atoms with Gasteiger partial charge >= 0.3 is 11.6 Å². The second kappa shape index (κ2) is 8.97. The number of hydrogen-bond donors (Lipinski definition) is 0. The van der Waals surface area contributed by atoms with E-state index in [4.69, 9.17) is 23.2 Å². The second-order valence-corrected chi connectivity index (χ2v) is 7.09. The van der Waals surface area contributed by atoms with Crippen molar-refractivity contribution >= 4 is 16.9 Å². The molecule has 0 spiro atoms. The summed E-state index contributed by atoms with van der Waals surface area (Å²) in [5, 5.41) is 4.44. The van der Waals surface area contributed by atoms with Gasteiger partial charge in [-0.05, 0) is 47.5 Å². The van der Waals surface area contributed by atoms with E-state index in [0.717, 1.165) is 16.5 Å². The molecule has 0 atom stereocenters. The fourth-order valence-electron chi connectivity index (χ4n) is 3.41. The third-order valence-electron chi connectivity index (χ3n) is 5.07. The predicted molar refractivity (Wildman–Crippen MR) is 116 cm³/mol. The summed E-state index contributed by atoms with van der Waals surface area (Å²) in [6, 6.07) is 13.8. The zero-order valence-corrected chi connectivity index (χ0v) is 17.8. The summed E-state index contributed by atoms with van der Waals surface area (Å²) < 4.78 is 26.1. The van der Waals surface area contributed by atoms with Gasteiger partial charge in [-0.1, -0.05) is 12.1 Å². The van der Waals surface area contributed by atoms with Crippen LogP contribution in [0.15, 0.2) is 62.3 Å². The van der Waals surface area contributed by atoms with Crippen LogP contribution < -0.4 is 19.8 Å². The Balaban J connectivity index is 1.53. The summed E-state index contributed by atoms with van der Waals surface area (Å²) >= 11 is 0. The highest BCUT2D eigenvalue weighted by Crippen LogP contribution is 2.30. The highest BCUT2D eigenvalue weighted by Gasteiger charge is 2.15. The van der Waals surface area contributed by atoms with Gasteiger partial charge in [-0.25, -0.2) is 4.79 Å². The molecule has 0 aliphatic carbocycles. The van der Waals surface area contributed by atoms with Crippen molar-refractivity contribution in [3.8, 4) is 28.5 Å². The first-order valence-electron chi connectivity index (χ1n) is 9.90. The maximum Gasteiger partial charge on any atom is 0.344 e. The van der Waals surface area contributed by atoms with Crippen LogP contribution in [0.2, 0.25) is 0 Å². The number of fused-ring (bicyclic) bond motifs is 1. The number of benzene rings is 2. The normalized spacial score (nSPS) is 10.8. The summed E-state index contributed by atoms with van der Waals surface area (Å²) in [6.45, 7) is 1.86. The summed E-state index contributed by atoms with van der Waals surface area (Å²) in [6.07, 6.45) is 0.415. The molecule has 2 aromatic carbocycles. The van der Waals surface area contributed by atoms with Crippen LogP contribution in [0.1, 0.15) is 17.7 Å². The number of carbonyl (C=O) groups excluding carboxylic acids is 1. The molecular weight excluding hydrogens is 414 g/mol. The SMILES string of the molecule is COc1ccc(-c2c(C)c3ccc(OC(=O)CCc4cc(OC)no4)cc3oc2=O)cc1. The minimum Gasteiger partial charge on any atom is -0.497 e. The maximum absolute atomic E-state index is 12.7. The number of ether oxygens (including phenoxy) is 3. The van der Waals surface area contributed by atoms with Gasteiger partial charge in [0.25, 0.3) is 5.88 Å². The average molecular weight is 435 g/mol. The lowest BCUT2D eigenvalue weighted by atomic mass is 9.99. The Hall–Kier alpha value is -4.07. The number of hydrogen-bond acceptors (Lipinski definition) is 8. The summed E-state index contributed by atoms with van der Waals surface area (Å²) in [5.74, 6) is 1.41. The molecule has 4 rings (SSSR count). The van der Waals surface area contributed by atoms with Crippen LogP contribution in [-0.2, 0) is 11.2 Å². The standard InChI is InChI=1S/C24H21NO7/c1-14-19-10-8-17(30-22(26)11-9-18-13-21(29-3)25-32-18)12-20(19)31-24(27)23(14)15-4-6-16(28-2)7-5-15/h4-8,10,12-13H,9,11H2,1-3H3. The van der Waals surface area contributed by atoms with Crippen LogP contribution >= 0.6 is 0 Å². The van der Waals surface area contributed by atoms with Gasteiger partial charge in [-0.3, -0.25) is 4.79 Å². The van der Waals surface area contributed by atoms with Crippen molar-refractivity contribution in [1.82, 2.24) is 5.16 Å². The van der Waals surface area contributed by atoms with E-state index in [2.05, 4.69) is 5.16 Å². The molecule has 32 heavy (non-hydrogen) atoms. The molecule has 0 fully saturated rings. The van der Waals surface area contributed by atoms with Crippen LogP contribution in [0.5, 0.6) is 17.4 Å². The summed E-state index contributed by atoms with van der Waals surface area (Å²) in [7, 11) is 3.07. The van der Waals surface area contributed by atoms with Crippen LogP contribution in [0, 0.1) is 6.92 Å². The lowest BCUT2D eigenvalue weighted by molar-refractivity contribution is -0.134. The Morgan fingerprint density at radius 1 is 1.00 bits per heavy atom. The highest BCUT2D eigenvalue weighted by atomic mass is 16.5. The lowest BCUT2D eigenvalue weighted by Crippen LogP contribution is -2.09. The minimum atomic E-state index is -0.470. The molecule has 2 aromatic heterocycles. The number of carbonyl (C=O) groups is 1. The summed E-state index contributed by atoms with van der Waals surface area (Å²) in [5.41, 5.74) is 1.86. The molecule has 0 aliphatic heterocycles. The number of nitrogens with zero attached hydrogens (tertiary/aromatic N) is 1. The van der Waals surface area contributed by atoms with Gasteiger partial charge < -0.3 is 23.2 Å². The smallest absolute Gasteiger partial charge is 0.344 e. The van der Waals surface area contributed by atoms with Gasteiger partial charge in [0.15, 0.2) is 0 Å². The second-order valence-electron chi connectivity index (χ2n) is 7.09. The molecule has 0 unspecified atom stereocenters. The van der Waals surface area contributed by atoms with Crippen molar-refractivity contribution < 1.29 is 27.9 Å². The maximum atomic E-state index is 12.7. The molecule has 8 heteroatoms. The van der Waals surface area contributed by atoms with Crippen molar-refractivity contribution in [1.29, 1.82) is 0 Å². The van der Waals surface area contributed by atoms with Gasteiger partial charge in [-0.15, -0.1) is 0 Å². The Morgan fingerprint density at radius 2 is 1.75 bits per heavy atom. The van der Waals surface area contributed by atoms with Crippen LogP contribution in [0.25, 0.3) is 22.1 Å². The quantitative estimate of drug-likeness (QED) is 0.240. The Kier molecular flexibility index (Phi) is 5.93. The zero-order valence-electron chi connectivity index (χ0n) is 17.8. The first-order valence-corrected chi connectivity index (χ1v) is 9.90. The average Bonchev–Trinajstić information content (AvgIpc) is 3.26. The highest BCUT2D eigenvalue weighted by molar-refractivity contribution is 5.88. The molecule has 0 radical (unpaired) electrons. The monoisotopic (exact) mass is 435 g/mol. The fourth-order valence-corrected chi connectivity index (χ4v) is 3.41. The first kappa shape index (κ1) is 21.2. The number of esters is 1. The Bertz CT molecular complexity index is 1320. The Labute approximate surface area is 183 Å². The molecular formula is C24H21NO7. The van der Waals surface area contributed by atoms with Crippen LogP contribution in [-0.4, -0.2) is 25.3 Å². The molecule has 2 heterocycles. The minimum absolute atomic E-state index is 0.0930. The predicted octanol–water partition coefficient (Wildman–Crippen LogP) is 4.31. The molecule has 0 saturated heterocycles. The van der Waals surface area contributed by atoms with Gasteiger partial charge in [0.05, 0.1) is 26.2 Å². The van der Waals surface area contributed by atoms with E-state index >= 15 is 0 Å². The molecule has 0 N–H and O–H groups in total. The van der Waals surface area contributed by atoms with E-state index in [-0.39, 0.29) is 12.2 Å². The first-order chi connectivity index (χ1) is 15.5. The molecule has 0 saturated carbocycles. The van der Waals surface area contributed by atoms with Crippen molar-refractivity contribution in [2.75, 3.05) is 14.2 Å². The Morgan fingerprint density at radius 3 is 2.44 bits per heavy atom. The molecule has 0 amide bonds. The van der Waals surface area contributed by atoms with E-state index in [1.807, 2.05) is 19.1 Å². The fraction of sp³-hybridized carbons (Fsp3) is 0.208. The molecule has 0 bridgehead atoms. The van der Waals surface area contributed by atoms with E-state index in [0.29, 0.717) is 35.0 Å². The lowest BCUT2D eigenvalue weighted by Gasteiger charge is -2.10. The number of aromatic nitrogens is 1. The van der Waals surface area contributed by atoms with E-state index in [1.54, 1.807) is 37.4 Å². The zero-order chi connectivity index (χ0) is 22.7. The van der Waals surface area contributed by atoms with Crippen molar-refractivity contribution in [3.63, 3.8) is 0 Å². The third kappa shape index (κ3) is 4.34. The number of aryl methyl sites for hydroxylation is 2. The van der Waals surface area contributed by atoms with Crippen LogP contribution in [0.4, 0.5) is 0 Å². The van der Waals surface area contributed by atoms with Crippen molar-refractivity contribution in [2.24, 2.45) is 0 Å². The van der Waals surface area contributed by atoms with Crippen molar-refractivity contribution in [2.45, 2.75) is 19.8 Å².